The van der Waals surface area contributed by atoms with Gasteiger partial charge in [-0.1, -0.05) is 6.42 Å². The second-order valence-electron chi connectivity index (χ2n) is 7.39. The van der Waals surface area contributed by atoms with Gasteiger partial charge < -0.3 is 25.2 Å². The molecule has 136 valence electrons. The number of ether oxygens (including phenoxy) is 2. The van der Waals surface area contributed by atoms with Crippen LogP contribution >= 0.6 is 0 Å². The first-order valence-corrected chi connectivity index (χ1v) is 8.69. The first kappa shape index (κ1) is 20.2. The van der Waals surface area contributed by atoms with Crippen molar-refractivity contribution in [3.8, 4) is 0 Å². The van der Waals surface area contributed by atoms with Crippen LogP contribution in [0.1, 0.15) is 52.9 Å². The Morgan fingerprint density at radius 1 is 1.35 bits per heavy atom. The number of hydrogen-bond donors (Lipinski definition) is 3. The van der Waals surface area contributed by atoms with Gasteiger partial charge in [0.2, 0.25) is 0 Å². The van der Waals surface area contributed by atoms with Gasteiger partial charge in [-0.3, -0.25) is 0 Å². The number of rotatable bonds is 9. The SMILES string of the molecule is COCC(CCCNC(=O)OC(C)(C)C)NCC1CCCC1O. The van der Waals surface area contributed by atoms with E-state index in [4.69, 9.17) is 9.47 Å². The Bertz CT molecular complexity index is 344. The molecule has 0 heterocycles. The van der Waals surface area contributed by atoms with Crippen molar-refractivity contribution in [3.05, 3.63) is 0 Å². The Kier molecular flexibility index (Phi) is 8.87. The van der Waals surface area contributed by atoms with Crippen LogP contribution in [-0.4, -0.2) is 55.8 Å². The summed E-state index contributed by atoms with van der Waals surface area (Å²) in [6, 6.07) is 0.244. The van der Waals surface area contributed by atoms with E-state index in [0.29, 0.717) is 19.1 Å². The number of carbonyl (C=O) groups excluding carboxylic acids is 1. The molecule has 1 aliphatic carbocycles. The van der Waals surface area contributed by atoms with Crippen LogP contribution in [-0.2, 0) is 9.47 Å². The number of hydrogen-bond acceptors (Lipinski definition) is 5. The van der Waals surface area contributed by atoms with E-state index in [-0.39, 0.29) is 18.2 Å². The highest BCUT2D eigenvalue weighted by atomic mass is 16.6. The molecule has 0 aromatic rings. The van der Waals surface area contributed by atoms with Crippen LogP contribution < -0.4 is 10.6 Å². The van der Waals surface area contributed by atoms with Crippen LogP contribution in [0.2, 0.25) is 0 Å². The summed E-state index contributed by atoms with van der Waals surface area (Å²) in [6.07, 6.45) is 4.35. The molecule has 1 rings (SSSR count). The van der Waals surface area contributed by atoms with Gasteiger partial charge in [-0.2, -0.15) is 0 Å². The summed E-state index contributed by atoms with van der Waals surface area (Å²) in [7, 11) is 1.69. The third-order valence-corrected chi connectivity index (χ3v) is 4.05. The van der Waals surface area contributed by atoms with E-state index < -0.39 is 5.60 Å². The van der Waals surface area contributed by atoms with Crippen molar-refractivity contribution in [1.82, 2.24) is 10.6 Å². The molecule has 0 saturated heterocycles. The van der Waals surface area contributed by atoms with Gasteiger partial charge in [-0.05, 0) is 52.4 Å². The summed E-state index contributed by atoms with van der Waals surface area (Å²) < 4.78 is 10.5. The molecule has 0 aliphatic heterocycles. The second kappa shape index (κ2) is 10.1. The zero-order valence-electron chi connectivity index (χ0n) is 15.1. The zero-order valence-corrected chi connectivity index (χ0v) is 15.1. The van der Waals surface area contributed by atoms with Gasteiger partial charge in [0, 0.05) is 26.2 Å². The van der Waals surface area contributed by atoms with Crippen molar-refractivity contribution in [1.29, 1.82) is 0 Å². The lowest BCUT2D eigenvalue weighted by molar-refractivity contribution is 0.0525. The molecular formula is C17H34N2O4. The number of aliphatic hydroxyl groups excluding tert-OH is 1. The Hall–Kier alpha value is -0.850. The molecule has 1 amide bonds. The first-order valence-electron chi connectivity index (χ1n) is 8.69. The van der Waals surface area contributed by atoms with Crippen LogP contribution in [0.5, 0.6) is 0 Å². The lowest BCUT2D eigenvalue weighted by Crippen LogP contribution is -2.39. The highest BCUT2D eigenvalue weighted by molar-refractivity contribution is 5.67. The van der Waals surface area contributed by atoms with Crippen molar-refractivity contribution < 1.29 is 19.4 Å². The van der Waals surface area contributed by atoms with Crippen molar-refractivity contribution in [3.63, 3.8) is 0 Å². The Morgan fingerprint density at radius 3 is 2.65 bits per heavy atom. The zero-order chi connectivity index (χ0) is 17.3. The third-order valence-electron chi connectivity index (χ3n) is 4.05. The van der Waals surface area contributed by atoms with Gasteiger partial charge in [0.25, 0.3) is 0 Å². The standard InChI is InChI=1S/C17H34N2O4/c1-17(2,3)23-16(21)18-10-6-8-14(12-22-4)19-11-13-7-5-9-15(13)20/h13-15,19-20H,5-12H2,1-4H3,(H,18,21). The number of methoxy groups -OCH3 is 1. The normalized spacial score (nSPS) is 22.8. The second-order valence-corrected chi connectivity index (χ2v) is 7.39. The Labute approximate surface area is 140 Å². The van der Waals surface area contributed by atoms with E-state index in [1.165, 1.54) is 0 Å². The van der Waals surface area contributed by atoms with Crippen LogP contribution in [0.3, 0.4) is 0 Å². The number of amides is 1. The summed E-state index contributed by atoms with van der Waals surface area (Å²) in [5.41, 5.74) is -0.466. The highest BCUT2D eigenvalue weighted by Gasteiger charge is 2.25. The summed E-state index contributed by atoms with van der Waals surface area (Å²) in [4.78, 5) is 11.6. The maximum absolute atomic E-state index is 11.6. The number of carbonyl (C=O) groups is 1. The maximum atomic E-state index is 11.6. The molecule has 0 spiro atoms. The molecular weight excluding hydrogens is 296 g/mol. The lowest BCUT2D eigenvalue weighted by atomic mass is 10.0. The Morgan fingerprint density at radius 2 is 2.09 bits per heavy atom. The van der Waals surface area contributed by atoms with E-state index in [9.17, 15) is 9.90 Å². The van der Waals surface area contributed by atoms with Crippen LogP contribution in [0.4, 0.5) is 4.79 Å². The highest BCUT2D eigenvalue weighted by Crippen LogP contribution is 2.24. The molecule has 0 bridgehead atoms. The molecule has 1 aliphatic rings. The molecule has 3 atom stereocenters. The minimum absolute atomic E-state index is 0.167. The quantitative estimate of drug-likeness (QED) is 0.564. The van der Waals surface area contributed by atoms with Gasteiger partial charge >= 0.3 is 6.09 Å². The van der Waals surface area contributed by atoms with Gasteiger partial charge in [-0.15, -0.1) is 0 Å². The van der Waals surface area contributed by atoms with Gasteiger partial charge in [-0.25, -0.2) is 4.79 Å². The van der Waals surface area contributed by atoms with Gasteiger partial charge in [0.05, 0.1) is 12.7 Å². The predicted molar refractivity (Wildman–Crippen MR) is 90.5 cm³/mol. The van der Waals surface area contributed by atoms with Crippen LogP contribution in [0.15, 0.2) is 0 Å². The van der Waals surface area contributed by atoms with E-state index in [1.807, 2.05) is 20.8 Å². The van der Waals surface area contributed by atoms with Crippen molar-refractivity contribution in [2.45, 2.75) is 70.6 Å². The van der Waals surface area contributed by atoms with Crippen molar-refractivity contribution in [2.75, 3.05) is 26.8 Å². The van der Waals surface area contributed by atoms with E-state index >= 15 is 0 Å². The monoisotopic (exact) mass is 330 g/mol. The fourth-order valence-electron chi connectivity index (χ4n) is 2.87. The number of alkyl carbamates (subject to hydrolysis) is 1. The molecule has 1 fully saturated rings. The predicted octanol–water partition coefficient (Wildman–Crippen LogP) is 2.06. The van der Waals surface area contributed by atoms with Crippen molar-refractivity contribution >= 4 is 6.09 Å². The minimum Gasteiger partial charge on any atom is -0.444 e. The molecule has 1 saturated carbocycles. The molecule has 0 aromatic heterocycles. The Balaban J connectivity index is 2.18. The molecule has 23 heavy (non-hydrogen) atoms. The average Bonchev–Trinajstić information content (AvgIpc) is 2.84. The summed E-state index contributed by atoms with van der Waals surface area (Å²) in [5, 5.41) is 16.1. The van der Waals surface area contributed by atoms with E-state index in [2.05, 4.69) is 10.6 Å². The largest absolute Gasteiger partial charge is 0.444 e. The fraction of sp³-hybridized carbons (Fsp3) is 0.941. The van der Waals surface area contributed by atoms with Crippen molar-refractivity contribution in [2.24, 2.45) is 5.92 Å². The topological polar surface area (TPSA) is 79.8 Å². The van der Waals surface area contributed by atoms with E-state index in [1.54, 1.807) is 7.11 Å². The summed E-state index contributed by atoms with van der Waals surface area (Å²) in [5.74, 6) is 0.356. The van der Waals surface area contributed by atoms with Crippen LogP contribution in [0, 0.1) is 5.92 Å². The lowest BCUT2D eigenvalue weighted by Gasteiger charge is -2.22. The number of nitrogens with one attached hydrogen (secondary N) is 2. The van der Waals surface area contributed by atoms with Crippen LogP contribution in [0.25, 0.3) is 0 Å². The van der Waals surface area contributed by atoms with Gasteiger partial charge in [0.1, 0.15) is 5.60 Å². The first-order chi connectivity index (χ1) is 10.8. The summed E-state index contributed by atoms with van der Waals surface area (Å²) in [6.45, 7) is 7.60. The van der Waals surface area contributed by atoms with Gasteiger partial charge in [0.15, 0.2) is 0 Å². The summed E-state index contributed by atoms with van der Waals surface area (Å²) >= 11 is 0. The molecule has 6 nitrogen and oxygen atoms in total. The fourth-order valence-corrected chi connectivity index (χ4v) is 2.87. The maximum Gasteiger partial charge on any atom is 0.407 e. The molecule has 3 unspecified atom stereocenters. The number of aliphatic hydroxyl groups is 1. The molecule has 3 N–H and O–H groups in total. The molecule has 0 aromatic carbocycles. The van der Waals surface area contributed by atoms with E-state index in [0.717, 1.165) is 38.6 Å². The molecule has 6 heteroatoms. The average molecular weight is 330 g/mol. The smallest absolute Gasteiger partial charge is 0.407 e. The minimum atomic E-state index is -0.466. The third kappa shape index (κ3) is 9.13. The molecule has 0 radical (unpaired) electrons.